The molecule has 1 aromatic rings. The second-order valence-electron chi connectivity index (χ2n) is 6.75. The molecule has 0 saturated carbocycles. The summed E-state index contributed by atoms with van der Waals surface area (Å²) in [6.07, 6.45) is 0. The quantitative estimate of drug-likeness (QED) is 0.775. The van der Waals surface area contributed by atoms with Crippen LogP contribution < -0.4 is 0 Å². The van der Waals surface area contributed by atoms with Gasteiger partial charge in [-0.1, -0.05) is 61.0 Å². The fraction of sp³-hybridized carbons (Fsp3) is 0.647. The van der Waals surface area contributed by atoms with Gasteiger partial charge in [-0.05, 0) is 16.5 Å². The molecule has 1 aromatic carbocycles. The Bertz CT molecular complexity index is 400. The lowest BCUT2D eigenvalue weighted by Crippen LogP contribution is -2.46. The van der Waals surface area contributed by atoms with Crippen molar-refractivity contribution in [3.05, 3.63) is 35.4 Å². The molecule has 112 valence electrons. The predicted octanol–water partition coefficient (Wildman–Crippen LogP) is 3.50. The Balaban J connectivity index is 1.85. The molecule has 0 bridgehead atoms. The minimum absolute atomic E-state index is 0.250. The molecule has 0 aromatic heterocycles. The summed E-state index contributed by atoms with van der Waals surface area (Å²) < 4.78 is 0. The van der Waals surface area contributed by atoms with Gasteiger partial charge in [-0.3, -0.25) is 9.80 Å². The molecule has 1 aliphatic heterocycles. The molecule has 3 heteroatoms. The molecule has 1 aliphatic rings. The van der Waals surface area contributed by atoms with Gasteiger partial charge in [0.05, 0.1) is 0 Å². The summed E-state index contributed by atoms with van der Waals surface area (Å²) in [6, 6.07) is 9.17. The monoisotopic (exact) mass is 338 g/mol. The van der Waals surface area contributed by atoms with Crippen LogP contribution in [0.25, 0.3) is 0 Å². The van der Waals surface area contributed by atoms with Gasteiger partial charge in [-0.25, -0.2) is 0 Å². The number of halogens is 1. The zero-order valence-corrected chi connectivity index (χ0v) is 14.6. The first-order valence-electron chi connectivity index (χ1n) is 7.59. The van der Waals surface area contributed by atoms with E-state index in [0.29, 0.717) is 0 Å². The summed E-state index contributed by atoms with van der Waals surface area (Å²) in [5.41, 5.74) is 3.11. The second kappa shape index (κ2) is 7.06. The van der Waals surface area contributed by atoms with Gasteiger partial charge >= 0.3 is 0 Å². The maximum absolute atomic E-state index is 3.52. The number of piperazine rings is 1. The van der Waals surface area contributed by atoms with Crippen LogP contribution in [0.5, 0.6) is 0 Å². The molecule has 2 rings (SSSR count). The van der Waals surface area contributed by atoms with Crippen molar-refractivity contribution in [1.29, 1.82) is 0 Å². The zero-order chi connectivity index (χ0) is 14.6. The number of hydrogen-bond acceptors (Lipinski definition) is 2. The minimum atomic E-state index is 0.250. The molecule has 0 amide bonds. The summed E-state index contributed by atoms with van der Waals surface area (Å²) >= 11 is 3.52. The summed E-state index contributed by atoms with van der Waals surface area (Å²) in [4.78, 5) is 5.10. The van der Waals surface area contributed by atoms with Crippen molar-refractivity contribution < 1.29 is 0 Å². The molecule has 2 nitrogen and oxygen atoms in total. The first-order valence-corrected chi connectivity index (χ1v) is 8.71. The Morgan fingerprint density at radius 2 is 1.50 bits per heavy atom. The SMILES string of the molecule is CC(C)(C)c1ccc(CN2CCN(CCBr)CC2)cc1. The number of benzene rings is 1. The van der Waals surface area contributed by atoms with Gasteiger partial charge in [-0.15, -0.1) is 0 Å². The van der Waals surface area contributed by atoms with Gasteiger partial charge in [0.15, 0.2) is 0 Å². The van der Waals surface area contributed by atoms with E-state index in [1.54, 1.807) is 0 Å². The maximum atomic E-state index is 3.52. The first-order chi connectivity index (χ1) is 9.49. The molecule has 0 radical (unpaired) electrons. The summed E-state index contributed by atoms with van der Waals surface area (Å²) in [6.45, 7) is 13.8. The average molecular weight is 339 g/mol. The number of hydrogen-bond donors (Lipinski definition) is 0. The molecule has 0 atom stereocenters. The lowest BCUT2D eigenvalue weighted by molar-refractivity contribution is 0.133. The van der Waals surface area contributed by atoms with E-state index in [2.05, 4.69) is 70.8 Å². The van der Waals surface area contributed by atoms with Crippen molar-refractivity contribution in [1.82, 2.24) is 9.80 Å². The van der Waals surface area contributed by atoms with Crippen molar-refractivity contribution in [3.63, 3.8) is 0 Å². The van der Waals surface area contributed by atoms with Crippen LogP contribution in [0, 0.1) is 0 Å². The van der Waals surface area contributed by atoms with Crippen LogP contribution in [0.1, 0.15) is 31.9 Å². The van der Waals surface area contributed by atoms with E-state index in [0.717, 1.165) is 11.9 Å². The number of nitrogens with zero attached hydrogens (tertiary/aromatic N) is 2. The van der Waals surface area contributed by atoms with Gasteiger partial charge < -0.3 is 0 Å². The highest BCUT2D eigenvalue weighted by Crippen LogP contribution is 2.22. The maximum Gasteiger partial charge on any atom is 0.0234 e. The summed E-state index contributed by atoms with van der Waals surface area (Å²) in [7, 11) is 0. The van der Waals surface area contributed by atoms with Crippen LogP contribution >= 0.6 is 15.9 Å². The topological polar surface area (TPSA) is 6.48 Å². The highest BCUT2D eigenvalue weighted by atomic mass is 79.9. The van der Waals surface area contributed by atoms with Crippen LogP contribution in [0.2, 0.25) is 0 Å². The second-order valence-corrected chi connectivity index (χ2v) is 7.55. The molecule has 1 fully saturated rings. The van der Waals surface area contributed by atoms with Crippen molar-refractivity contribution in [3.8, 4) is 0 Å². The highest BCUT2D eigenvalue weighted by molar-refractivity contribution is 9.09. The van der Waals surface area contributed by atoms with Crippen molar-refractivity contribution >= 4 is 15.9 Å². The molecular formula is C17H27BrN2. The van der Waals surface area contributed by atoms with Gasteiger partial charge in [0.2, 0.25) is 0 Å². The van der Waals surface area contributed by atoms with Crippen molar-refractivity contribution in [2.45, 2.75) is 32.7 Å². The Morgan fingerprint density at radius 1 is 0.950 bits per heavy atom. The lowest BCUT2D eigenvalue weighted by Gasteiger charge is -2.34. The molecule has 0 unspecified atom stereocenters. The third-order valence-corrected chi connectivity index (χ3v) is 4.45. The normalized spacial score (nSPS) is 18.4. The Hall–Kier alpha value is -0.380. The molecule has 0 N–H and O–H groups in total. The van der Waals surface area contributed by atoms with Crippen LogP contribution in [0.15, 0.2) is 24.3 Å². The molecule has 1 saturated heterocycles. The third kappa shape index (κ3) is 4.57. The largest absolute Gasteiger partial charge is 0.300 e. The van der Waals surface area contributed by atoms with Gasteiger partial charge in [0.1, 0.15) is 0 Å². The lowest BCUT2D eigenvalue weighted by atomic mass is 9.87. The molecule has 0 aliphatic carbocycles. The highest BCUT2D eigenvalue weighted by Gasteiger charge is 2.17. The fourth-order valence-corrected chi connectivity index (χ4v) is 3.16. The molecule has 20 heavy (non-hydrogen) atoms. The zero-order valence-electron chi connectivity index (χ0n) is 13.0. The van der Waals surface area contributed by atoms with E-state index in [-0.39, 0.29) is 5.41 Å². The molecule has 0 spiro atoms. The van der Waals surface area contributed by atoms with Crippen LogP contribution in [0.3, 0.4) is 0 Å². The van der Waals surface area contributed by atoms with E-state index < -0.39 is 0 Å². The van der Waals surface area contributed by atoms with Crippen LogP contribution in [0.4, 0.5) is 0 Å². The van der Waals surface area contributed by atoms with Crippen LogP contribution in [-0.4, -0.2) is 47.9 Å². The number of rotatable bonds is 4. The molecule has 1 heterocycles. The van der Waals surface area contributed by atoms with E-state index >= 15 is 0 Å². The van der Waals surface area contributed by atoms with E-state index in [1.165, 1.54) is 43.9 Å². The van der Waals surface area contributed by atoms with E-state index in [1.807, 2.05) is 0 Å². The predicted molar refractivity (Wildman–Crippen MR) is 90.7 cm³/mol. The third-order valence-electron chi connectivity index (χ3n) is 4.09. The van der Waals surface area contributed by atoms with Gasteiger partial charge in [-0.2, -0.15) is 0 Å². The fourth-order valence-electron chi connectivity index (χ4n) is 2.66. The van der Waals surface area contributed by atoms with Crippen LogP contribution in [-0.2, 0) is 12.0 Å². The van der Waals surface area contributed by atoms with E-state index in [4.69, 9.17) is 0 Å². The first kappa shape index (κ1) is 16.0. The average Bonchev–Trinajstić information content (AvgIpc) is 2.41. The Morgan fingerprint density at radius 3 is 2.00 bits per heavy atom. The summed E-state index contributed by atoms with van der Waals surface area (Å²) in [5.74, 6) is 0. The Labute approximate surface area is 132 Å². The minimum Gasteiger partial charge on any atom is -0.300 e. The van der Waals surface area contributed by atoms with Gasteiger partial charge in [0, 0.05) is 44.6 Å². The smallest absolute Gasteiger partial charge is 0.0234 e. The van der Waals surface area contributed by atoms with E-state index in [9.17, 15) is 0 Å². The summed E-state index contributed by atoms with van der Waals surface area (Å²) in [5, 5.41) is 1.08. The standard InChI is InChI=1S/C17H27BrN2/c1-17(2,3)16-6-4-15(5-7-16)14-20-12-10-19(9-8-18)11-13-20/h4-7H,8-14H2,1-3H3. The van der Waals surface area contributed by atoms with Crippen molar-refractivity contribution in [2.24, 2.45) is 0 Å². The molecular weight excluding hydrogens is 312 g/mol. The number of alkyl halides is 1. The van der Waals surface area contributed by atoms with Crippen molar-refractivity contribution in [2.75, 3.05) is 38.1 Å². The Kier molecular flexibility index (Phi) is 5.65. The van der Waals surface area contributed by atoms with Gasteiger partial charge in [0.25, 0.3) is 0 Å².